The van der Waals surface area contributed by atoms with E-state index in [2.05, 4.69) is 0 Å². The van der Waals surface area contributed by atoms with Crippen LogP contribution < -0.4 is 9.47 Å². The van der Waals surface area contributed by atoms with Crippen molar-refractivity contribution in [3.05, 3.63) is 59.1 Å². The summed E-state index contributed by atoms with van der Waals surface area (Å²) >= 11 is 5.77. The Hall–Kier alpha value is -2.53. The molecule has 6 heteroatoms. The van der Waals surface area contributed by atoms with Gasteiger partial charge in [0.2, 0.25) is 0 Å². The summed E-state index contributed by atoms with van der Waals surface area (Å²) in [4.78, 5) is 23.6. The van der Waals surface area contributed by atoms with Crippen LogP contribution in [0.25, 0.3) is 0 Å². The summed E-state index contributed by atoms with van der Waals surface area (Å²) in [5.74, 6) is -0.268. The van der Waals surface area contributed by atoms with Gasteiger partial charge in [-0.25, -0.2) is 9.59 Å². The Labute approximate surface area is 145 Å². The molecule has 126 valence electrons. The van der Waals surface area contributed by atoms with E-state index in [0.717, 1.165) is 6.42 Å². The number of halogens is 1. The van der Waals surface area contributed by atoms with Gasteiger partial charge in [-0.3, -0.25) is 0 Å². The number of benzene rings is 2. The van der Waals surface area contributed by atoms with Crippen LogP contribution >= 0.6 is 11.6 Å². The van der Waals surface area contributed by atoms with Gasteiger partial charge in [-0.15, -0.1) is 0 Å². The Morgan fingerprint density at radius 2 is 1.79 bits per heavy atom. The quantitative estimate of drug-likeness (QED) is 0.561. The molecular weight excluding hydrogens is 332 g/mol. The fraction of sp³-hybridized carbons (Fsp3) is 0.222. The van der Waals surface area contributed by atoms with Crippen molar-refractivity contribution in [2.24, 2.45) is 0 Å². The minimum Gasteiger partial charge on any atom is -0.482 e. The first kappa shape index (κ1) is 17.8. The lowest BCUT2D eigenvalue weighted by molar-refractivity contribution is -0.136. The number of hydrogen-bond acceptors (Lipinski definition) is 5. The molecule has 0 unspecified atom stereocenters. The molecule has 0 atom stereocenters. The number of carbonyl (C=O) groups excluding carboxylic acids is 2. The van der Waals surface area contributed by atoms with Gasteiger partial charge >= 0.3 is 11.9 Å². The van der Waals surface area contributed by atoms with Crippen LogP contribution in [0.1, 0.15) is 23.7 Å². The lowest BCUT2D eigenvalue weighted by atomic mass is 10.2. The summed E-state index contributed by atoms with van der Waals surface area (Å²) in [6.07, 6.45) is 0.739. The van der Waals surface area contributed by atoms with E-state index in [9.17, 15) is 9.59 Å². The summed E-state index contributed by atoms with van der Waals surface area (Å²) in [6.45, 7) is 2.00. The van der Waals surface area contributed by atoms with Crippen molar-refractivity contribution in [1.29, 1.82) is 0 Å². The van der Waals surface area contributed by atoms with Crippen LogP contribution in [-0.2, 0) is 9.53 Å². The van der Waals surface area contributed by atoms with Crippen LogP contribution in [0.5, 0.6) is 11.5 Å². The average Bonchev–Trinajstić information content (AvgIpc) is 2.59. The first-order chi connectivity index (χ1) is 11.6. The van der Waals surface area contributed by atoms with Gasteiger partial charge in [-0.2, -0.15) is 0 Å². The van der Waals surface area contributed by atoms with Crippen LogP contribution in [0.4, 0.5) is 0 Å². The smallest absolute Gasteiger partial charge is 0.349 e. The number of esters is 2. The predicted octanol–water partition coefficient (Wildman–Crippen LogP) is 3.89. The van der Waals surface area contributed by atoms with Crippen LogP contribution in [0.15, 0.2) is 48.5 Å². The van der Waals surface area contributed by atoms with Crippen molar-refractivity contribution in [2.45, 2.75) is 13.3 Å². The summed E-state index contributed by atoms with van der Waals surface area (Å²) in [5, 5.41) is 0.580. The minimum atomic E-state index is -0.580. The average molecular weight is 349 g/mol. The molecule has 0 saturated heterocycles. The lowest BCUT2D eigenvalue weighted by Crippen LogP contribution is -2.18. The second-order valence-electron chi connectivity index (χ2n) is 4.88. The molecular formula is C18H17ClO5. The van der Waals surface area contributed by atoms with E-state index in [0.29, 0.717) is 22.9 Å². The summed E-state index contributed by atoms with van der Waals surface area (Å²) in [6, 6.07) is 12.9. The van der Waals surface area contributed by atoms with Crippen LogP contribution in [0.3, 0.4) is 0 Å². The molecule has 24 heavy (non-hydrogen) atoms. The van der Waals surface area contributed by atoms with Crippen LogP contribution in [-0.4, -0.2) is 25.2 Å². The fourth-order valence-corrected chi connectivity index (χ4v) is 1.92. The standard InChI is InChI=1S/C18H17ClO5/c1-2-10-22-18(21)13-4-3-5-16(11-13)24-17(20)12-23-15-8-6-14(19)7-9-15/h3-9,11H,2,10,12H2,1H3. The van der Waals surface area contributed by atoms with E-state index < -0.39 is 11.9 Å². The van der Waals surface area contributed by atoms with E-state index >= 15 is 0 Å². The van der Waals surface area contributed by atoms with E-state index in [1.54, 1.807) is 42.5 Å². The van der Waals surface area contributed by atoms with Crippen molar-refractivity contribution in [3.63, 3.8) is 0 Å². The summed E-state index contributed by atoms with van der Waals surface area (Å²) < 4.78 is 15.5. The highest BCUT2D eigenvalue weighted by molar-refractivity contribution is 6.30. The van der Waals surface area contributed by atoms with Gasteiger partial charge in [0.05, 0.1) is 12.2 Å². The molecule has 0 saturated carbocycles. The Kier molecular flexibility index (Phi) is 6.63. The number of ether oxygens (including phenoxy) is 3. The van der Waals surface area contributed by atoms with Gasteiger partial charge in [0, 0.05) is 5.02 Å². The van der Waals surface area contributed by atoms with E-state index in [-0.39, 0.29) is 12.4 Å². The first-order valence-electron chi connectivity index (χ1n) is 7.44. The van der Waals surface area contributed by atoms with Crippen molar-refractivity contribution >= 4 is 23.5 Å². The number of hydrogen-bond donors (Lipinski definition) is 0. The van der Waals surface area contributed by atoms with Crippen molar-refractivity contribution in [1.82, 2.24) is 0 Å². The molecule has 0 bridgehead atoms. The normalized spacial score (nSPS) is 10.1. The topological polar surface area (TPSA) is 61.8 Å². The van der Waals surface area contributed by atoms with Gasteiger partial charge in [0.1, 0.15) is 11.5 Å². The molecule has 0 aliphatic heterocycles. The van der Waals surface area contributed by atoms with E-state index in [4.69, 9.17) is 25.8 Å². The molecule has 5 nitrogen and oxygen atoms in total. The Morgan fingerprint density at radius 1 is 1.04 bits per heavy atom. The molecule has 0 N–H and O–H groups in total. The van der Waals surface area contributed by atoms with Gasteiger partial charge in [-0.05, 0) is 48.9 Å². The molecule has 2 aromatic rings. The highest BCUT2D eigenvalue weighted by Gasteiger charge is 2.11. The molecule has 0 aliphatic carbocycles. The zero-order valence-corrected chi connectivity index (χ0v) is 13.9. The van der Waals surface area contributed by atoms with E-state index in [1.807, 2.05) is 6.92 Å². The second kappa shape index (κ2) is 8.93. The second-order valence-corrected chi connectivity index (χ2v) is 5.32. The summed E-state index contributed by atoms with van der Waals surface area (Å²) in [7, 11) is 0. The largest absolute Gasteiger partial charge is 0.482 e. The van der Waals surface area contributed by atoms with Gasteiger partial charge in [0.25, 0.3) is 0 Å². The summed E-state index contributed by atoms with van der Waals surface area (Å²) in [5.41, 5.74) is 0.326. The Bertz CT molecular complexity index is 697. The number of carbonyl (C=O) groups is 2. The van der Waals surface area contributed by atoms with Gasteiger partial charge in [-0.1, -0.05) is 24.6 Å². The zero-order chi connectivity index (χ0) is 17.4. The van der Waals surface area contributed by atoms with Crippen LogP contribution in [0.2, 0.25) is 5.02 Å². The molecule has 0 radical (unpaired) electrons. The Morgan fingerprint density at radius 3 is 2.50 bits per heavy atom. The molecule has 0 spiro atoms. The molecule has 2 aromatic carbocycles. The predicted molar refractivity (Wildman–Crippen MR) is 89.6 cm³/mol. The minimum absolute atomic E-state index is 0.255. The molecule has 0 amide bonds. The highest BCUT2D eigenvalue weighted by atomic mass is 35.5. The molecule has 0 fully saturated rings. The molecule has 0 heterocycles. The Balaban J connectivity index is 1.89. The van der Waals surface area contributed by atoms with Gasteiger partial charge in [0.15, 0.2) is 6.61 Å². The number of rotatable bonds is 7. The van der Waals surface area contributed by atoms with Crippen LogP contribution in [0, 0.1) is 0 Å². The van der Waals surface area contributed by atoms with Crippen molar-refractivity contribution in [2.75, 3.05) is 13.2 Å². The lowest BCUT2D eigenvalue weighted by Gasteiger charge is -2.08. The monoisotopic (exact) mass is 348 g/mol. The highest BCUT2D eigenvalue weighted by Crippen LogP contribution is 2.17. The fourth-order valence-electron chi connectivity index (χ4n) is 1.80. The molecule has 0 aromatic heterocycles. The van der Waals surface area contributed by atoms with Crippen molar-refractivity contribution in [3.8, 4) is 11.5 Å². The zero-order valence-electron chi connectivity index (χ0n) is 13.2. The maximum absolute atomic E-state index is 11.8. The molecule has 0 aliphatic rings. The third kappa shape index (κ3) is 5.59. The maximum Gasteiger partial charge on any atom is 0.349 e. The third-order valence-electron chi connectivity index (χ3n) is 2.91. The SMILES string of the molecule is CCCOC(=O)c1cccc(OC(=O)COc2ccc(Cl)cc2)c1. The van der Waals surface area contributed by atoms with E-state index in [1.165, 1.54) is 6.07 Å². The maximum atomic E-state index is 11.8. The van der Waals surface area contributed by atoms with Gasteiger partial charge < -0.3 is 14.2 Å². The molecule has 2 rings (SSSR count). The van der Waals surface area contributed by atoms with Crippen molar-refractivity contribution < 1.29 is 23.8 Å². The third-order valence-corrected chi connectivity index (χ3v) is 3.16. The first-order valence-corrected chi connectivity index (χ1v) is 7.82.